The molecule has 25 heavy (non-hydrogen) atoms. The van der Waals surface area contributed by atoms with Gasteiger partial charge in [0.15, 0.2) is 0 Å². The molecule has 0 radical (unpaired) electrons. The van der Waals surface area contributed by atoms with Crippen LogP contribution < -0.4 is 5.32 Å². The third kappa shape index (κ3) is 5.22. The van der Waals surface area contributed by atoms with E-state index < -0.39 is 0 Å². The molecule has 1 aromatic carbocycles. The van der Waals surface area contributed by atoms with Crippen molar-refractivity contribution in [2.75, 3.05) is 12.3 Å². The first-order valence-corrected chi connectivity index (χ1v) is 9.47. The molecule has 0 aliphatic rings. The maximum absolute atomic E-state index is 6.03. The predicted molar refractivity (Wildman–Crippen MR) is 100 cm³/mol. The topological polar surface area (TPSA) is 68.8 Å². The zero-order chi connectivity index (χ0) is 17.6. The van der Waals surface area contributed by atoms with E-state index in [4.69, 9.17) is 27.6 Å². The number of aromatic nitrogens is 4. The number of thioether (sulfide) groups is 1. The van der Waals surface area contributed by atoms with Gasteiger partial charge >= 0.3 is 0 Å². The summed E-state index contributed by atoms with van der Waals surface area (Å²) in [5.74, 6) is 2.58. The van der Waals surface area contributed by atoms with E-state index in [1.807, 2.05) is 31.3 Å². The van der Waals surface area contributed by atoms with Gasteiger partial charge in [0, 0.05) is 28.4 Å². The molecular formula is C16H17Cl2N5OS. The summed E-state index contributed by atoms with van der Waals surface area (Å²) in [6, 6.07) is 9.25. The third-order valence-corrected chi connectivity index (χ3v) is 4.95. The largest absolute Gasteiger partial charge is 0.460 e. The first-order chi connectivity index (χ1) is 12.1. The molecule has 0 aliphatic heterocycles. The molecule has 6 nitrogen and oxygen atoms in total. The number of rotatable bonds is 8. The highest BCUT2D eigenvalue weighted by Gasteiger charge is 2.07. The molecular weight excluding hydrogens is 381 g/mol. The zero-order valence-electron chi connectivity index (χ0n) is 13.6. The Hall–Kier alpha value is -1.54. The molecule has 132 valence electrons. The van der Waals surface area contributed by atoms with Crippen molar-refractivity contribution < 1.29 is 4.42 Å². The molecule has 0 aliphatic carbocycles. The SMILES string of the molecule is Cn1nnnc1SCCCNCc1ccc(-c2cc(Cl)cc(Cl)c2)o1. The molecule has 0 unspecified atom stereocenters. The first kappa shape index (κ1) is 18.3. The van der Waals surface area contributed by atoms with Crippen LogP contribution in [-0.4, -0.2) is 32.5 Å². The highest BCUT2D eigenvalue weighted by Crippen LogP contribution is 2.28. The Morgan fingerprint density at radius 1 is 1.20 bits per heavy atom. The van der Waals surface area contributed by atoms with E-state index in [1.54, 1.807) is 22.5 Å². The summed E-state index contributed by atoms with van der Waals surface area (Å²) in [6.07, 6.45) is 1.01. The van der Waals surface area contributed by atoms with Crippen molar-refractivity contribution >= 4 is 35.0 Å². The highest BCUT2D eigenvalue weighted by atomic mass is 35.5. The van der Waals surface area contributed by atoms with Crippen molar-refractivity contribution in [1.82, 2.24) is 25.5 Å². The quantitative estimate of drug-likeness (QED) is 0.456. The van der Waals surface area contributed by atoms with Crippen molar-refractivity contribution in [2.45, 2.75) is 18.1 Å². The van der Waals surface area contributed by atoms with Gasteiger partial charge in [-0.25, -0.2) is 4.68 Å². The summed E-state index contributed by atoms with van der Waals surface area (Å²) >= 11 is 13.7. The van der Waals surface area contributed by atoms with E-state index in [0.717, 1.165) is 41.0 Å². The van der Waals surface area contributed by atoms with Gasteiger partial charge in [0.2, 0.25) is 5.16 Å². The van der Waals surface area contributed by atoms with Crippen LogP contribution in [0, 0.1) is 0 Å². The molecule has 0 atom stereocenters. The van der Waals surface area contributed by atoms with E-state index in [-0.39, 0.29) is 0 Å². The van der Waals surface area contributed by atoms with Crippen molar-refractivity contribution in [1.29, 1.82) is 0 Å². The predicted octanol–water partition coefficient (Wildman–Crippen LogP) is 4.05. The van der Waals surface area contributed by atoms with Crippen LogP contribution in [0.2, 0.25) is 10.0 Å². The summed E-state index contributed by atoms with van der Waals surface area (Å²) in [5, 5.41) is 16.7. The minimum atomic E-state index is 0.592. The summed E-state index contributed by atoms with van der Waals surface area (Å²) in [4.78, 5) is 0. The minimum Gasteiger partial charge on any atom is -0.460 e. The lowest BCUT2D eigenvalue weighted by molar-refractivity contribution is 0.494. The summed E-state index contributed by atoms with van der Waals surface area (Å²) < 4.78 is 7.52. The van der Waals surface area contributed by atoms with Gasteiger partial charge in [-0.15, -0.1) is 5.10 Å². The number of aryl methyl sites for hydroxylation is 1. The van der Waals surface area contributed by atoms with E-state index in [9.17, 15) is 0 Å². The molecule has 2 heterocycles. The first-order valence-electron chi connectivity index (χ1n) is 7.73. The lowest BCUT2D eigenvalue weighted by Gasteiger charge is -2.03. The number of nitrogens with zero attached hydrogens (tertiary/aromatic N) is 4. The molecule has 0 spiro atoms. The van der Waals surface area contributed by atoms with E-state index in [1.165, 1.54) is 0 Å². The smallest absolute Gasteiger partial charge is 0.209 e. The molecule has 0 saturated carbocycles. The van der Waals surface area contributed by atoms with Crippen molar-refractivity contribution in [3.05, 3.63) is 46.1 Å². The normalized spacial score (nSPS) is 11.2. The molecule has 3 rings (SSSR count). The lowest BCUT2D eigenvalue weighted by atomic mass is 10.2. The lowest BCUT2D eigenvalue weighted by Crippen LogP contribution is -2.14. The van der Waals surface area contributed by atoms with Gasteiger partial charge in [-0.05, 0) is 53.7 Å². The van der Waals surface area contributed by atoms with Crippen LogP contribution in [-0.2, 0) is 13.6 Å². The van der Waals surface area contributed by atoms with E-state index in [2.05, 4.69) is 20.8 Å². The van der Waals surface area contributed by atoms with Gasteiger partial charge in [0.25, 0.3) is 0 Å². The second kappa shape index (κ2) is 8.71. The van der Waals surface area contributed by atoms with Crippen molar-refractivity contribution in [3.8, 4) is 11.3 Å². The number of hydrogen-bond donors (Lipinski definition) is 1. The van der Waals surface area contributed by atoms with Gasteiger partial charge < -0.3 is 9.73 Å². The summed E-state index contributed by atoms with van der Waals surface area (Å²) in [5.41, 5.74) is 0.873. The second-order valence-electron chi connectivity index (χ2n) is 5.39. The summed E-state index contributed by atoms with van der Waals surface area (Å²) in [6.45, 7) is 1.56. The number of furan rings is 1. The monoisotopic (exact) mass is 397 g/mol. The molecule has 0 fully saturated rings. The van der Waals surface area contributed by atoms with Crippen LogP contribution in [0.4, 0.5) is 0 Å². The van der Waals surface area contributed by atoms with Crippen molar-refractivity contribution in [2.24, 2.45) is 7.05 Å². The maximum Gasteiger partial charge on any atom is 0.209 e. The molecule has 3 aromatic rings. The van der Waals surface area contributed by atoms with Gasteiger partial charge in [-0.3, -0.25) is 0 Å². The Morgan fingerprint density at radius 2 is 2.00 bits per heavy atom. The Balaban J connectivity index is 1.42. The Bertz CT molecular complexity index is 815. The fourth-order valence-corrected chi connectivity index (χ4v) is 3.55. The Morgan fingerprint density at radius 3 is 2.72 bits per heavy atom. The number of halogens is 2. The van der Waals surface area contributed by atoms with E-state index in [0.29, 0.717) is 16.6 Å². The number of tetrazole rings is 1. The Kier molecular flexibility index (Phi) is 6.36. The second-order valence-corrected chi connectivity index (χ2v) is 7.32. The van der Waals surface area contributed by atoms with Crippen LogP contribution >= 0.6 is 35.0 Å². The van der Waals surface area contributed by atoms with Crippen LogP contribution in [0.5, 0.6) is 0 Å². The highest BCUT2D eigenvalue weighted by molar-refractivity contribution is 7.99. The Labute approximate surface area is 159 Å². The zero-order valence-corrected chi connectivity index (χ0v) is 15.9. The maximum atomic E-state index is 6.03. The van der Waals surface area contributed by atoms with Gasteiger partial charge in [0.1, 0.15) is 11.5 Å². The molecule has 1 N–H and O–H groups in total. The fourth-order valence-electron chi connectivity index (χ4n) is 2.24. The molecule has 0 amide bonds. The average molecular weight is 398 g/mol. The third-order valence-electron chi connectivity index (χ3n) is 3.42. The fraction of sp³-hybridized carbons (Fsp3) is 0.312. The van der Waals surface area contributed by atoms with E-state index >= 15 is 0 Å². The number of nitrogens with one attached hydrogen (secondary N) is 1. The molecule has 2 aromatic heterocycles. The number of benzene rings is 1. The van der Waals surface area contributed by atoms with Gasteiger partial charge in [-0.1, -0.05) is 35.0 Å². The molecule has 0 saturated heterocycles. The van der Waals surface area contributed by atoms with Crippen molar-refractivity contribution in [3.63, 3.8) is 0 Å². The van der Waals surface area contributed by atoms with Gasteiger partial charge in [0.05, 0.1) is 6.54 Å². The molecule has 0 bridgehead atoms. The molecule has 9 heteroatoms. The standard InChI is InChI=1S/C16H17Cl2N5OS/c1-23-16(20-21-22-23)25-6-2-5-19-10-14-3-4-15(24-14)11-7-12(17)9-13(18)8-11/h3-4,7-9,19H,2,5-6,10H2,1H3. The van der Waals surface area contributed by atoms with Gasteiger partial charge in [-0.2, -0.15) is 0 Å². The minimum absolute atomic E-state index is 0.592. The van der Waals surface area contributed by atoms with Crippen LogP contribution in [0.15, 0.2) is 39.9 Å². The number of hydrogen-bond acceptors (Lipinski definition) is 6. The van der Waals surface area contributed by atoms with Crippen LogP contribution in [0.25, 0.3) is 11.3 Å². The van der Waals surface area contributed by atoms with Crippen LogP contribution in [0.1, 0.15) is 12.2 Å². The van der Waals surface area contributed by atoms with Crippen LogP contribution in [0.3, 0.4) is 0 Å². The average Bonchev–Trinajstić information content (AvgIpc) is 3.19. The summed E-state index contributed by atoms with van der Waals surface area (Å²) in [7, 11) is 1.84.